The predicted molar refractivity (Wildman–Crippen MR) is 90.2 cm³/mol. The number of benzene rings is 1. The van der Waals surface area contributed by atoms with Crippen LogP contribution in [0.3, 0.4) is 0 Å². The van der Waals surface area contributed by atoms with E-state index in [4.69, 9.17) is 23.2 Å². The summed E-state index contributed by atoms with van der Waals surface area (Å²) >= 11 is 12.1. The molecule has 21 heavy (non-hydrogen) atoms. The molecule has 1 aromatic carbocycles. The molecular formula is C17H24Cl2N2. The SMILES string of the molecule is CC(NCC1CC2CCC(C1)N2C)c1ccc(Cl)c(Cl)c1. The molecule has 2 fully saturated rings. The number of piperidine rings is 1. The van der Waals surface area contributed by atoms with Crippen molar-refractivity contribution in [2.24, 2.45) is 5.92 Å². The molecule has 0 aliphatic carbocycles. The highest BCUT2D eigenvalue weighted by Gasteiger charge is 2.38. The first-order valence-corrected chi connectivity index (χ1v) is 8.70. The number of hydrogen-bond acceptors (Lipinski definition) is 2. The van der Waals surface area contributed by atoms with Gasteiger partial charge in [-0.25, -0.2) is 0 Å². The minimum Gasteiger partial charge on any atom is -0.310 e. The molecule has 2 nitrogen and oxygen atoms in total. The predicted octanol–water partition coefficient (Wildman–Crippen LogP) is 4.52. The van der Waals surface area contributed by atoms with Gasteiger partial charge in [-0.05, 0) is 69.8 Å². The van der Waals surface area contributed by atoms with Crippen molar-refractivity contribution in [3.05, 3.63) is 33.8 Å². The van der Waals surface area contributed by atoms with Gasteiger partial charge in [-0.15, -0.1) is 0 Å². The second-order valence-electron chi connectivity index (χ2n) is 6.69. The molecule has 1 aromatic rings. The summed E-state index contributed by atoms with van der Waals surface area (Å²) in [7, 11) is 2.30. The van der Waals surface area contributed by atoms with E-state index in [1.807, 2.05) is 12.1 Å². The average Bonchev–Trinajstić information content (AvgIpc) is 2.69. The summed E-state index contributed by atoms with van der Waals surface area (Å²) in [5.74, 6) is 0.809. The normalized spacial score (nSPS) is 30.6. The van der Waals surface area contributed by atoms with Gasteiger partial charge in [0.05, 0.1) is 10.0 Å². The van der Waals surface area contributed by atoms with Gasteiger partial charge in [0.15, 0.2) is 0 Å². The largest absolute Gasteiger partial charge is 0.310 e. The van der Waals surface area contributed by atoms with Gasteiger partial charge < -0.3 is 10.2 Å². The summed E-state index contributed by atoms with van der Waals surface area (Å²) in [4.78, 5) is 2.60. The molecule has 0 spiro atoms. The number of nitrogens with one attached hydrogen (secondary N) is 1. The van der Waals surface area contributed by atoms with Crippen LogP contribution in [-0.2, 0) is 0 Å². The third-order valence-corrected chi connectivity index (χ3v) is 6.09. The molecule has 3 unspecified atom stereocenters. The maximum Gasteiger partial charge on any atom is 0.0595 e. The molecule has 2 aliphatic heterocycles. The van der Waals surface area contributed by atoms with Gasteiger partial charge in [-0.1, -0.05) is 29.3 Å². The van der Waals surface area contributed by atoms with Gasteiger partial charge in [0.25, 0.3) is 0 Å². The molecule has 2 bridgehead atoms. The molecule has 1 N–H and O–H groups in total. The zero-order chi connectivity index (χ0) is 15.0. The highest BCUT2D eigenvalue weighted by atomic mass is 35.5. The molecule has 3 atom stereocenters. The lowest BCUT2D eigenvalue weighted by Crippen LogP contribution is -2.42. The van der Waals surface area contributed by atoms with Crippen LogP contribution in [0.5, 0.6) is 0 Å². The van der Waals surface area contributed by atoms with Crippen LogP contribution in [-0.4, -0.2) is 30.6 Å². The Morgan fingerprint density at radius 1 is 1.19 bits per heavy atom. The maximum atomic E-state index is 6.10. The van der Waals surface area contributed by atoms with Gasteiger partial charge in [0.2, 0.25) is 0 Å². The average molecular weight is 327 g/mol. The Morgan fingerprint density at radius 2 is 1.86 bits per heavy atom. The minimum atomic E-state index is 0.317. The van der Waals surface area contributed by atoms with Gasteiger partial charge in [0, 0.05) is 18.1 Å². The molecule has 4 heteroatoms. The lowest BCUT2D eigenvalue weighted by molar-refractivity contribution is 0.131. The quantitative estimate of drug-likeness (QED) is 0.875. The van der Waals surface area contributed by atoms with Crippen molar-refractivity contribution in [2.75, 3.05) is 13.6 Å². The zero-order valence-corrected chi connectivity index (χ0v) is 14.3. The molecule has 2 saturated heterocycles. The van der Waals surface area contributed by atoms with E-state index in [0.29, 0.717) is 16.1 Å². The Hall–Kier alpha value is -0.280. The van der Waals surface area contributed by atoms with Gasteiger partial charge in [-0.3, -0.25) is 0 Å². The monoisotopic (exact) mass is 326 g/mol. The summed E-state index contributed by atoms with van der Waals surface area (Å²) in [5.41, 5.74) is 1.21. The molecule has 2 aliphatic rings. The van der Waals surface area contributed by atoms with Crippen molar-refractivity contribution < 1.29 is 0 Å². The van der Waals surface area contributed by atoms with Gasteiger partial charge in [-0.2, -0.15) is 0 Å². The lowest BCUT2D eigenvalue weighted by atomic mass is 9.90. The molecule has 0 amide bonds. The van der Waals surface area contributed by atoms with Crippen molar-refractivity contribution in [1.29, 1.82) is 0 Å². The maximum absolute atomic E-state index is 6.10. The minimum absolute atomic E-state index is 0.317. The summed E-state index contributed by atoms with van der Waals surface area (Å²) in [6, 6.07) is 7.86. The fraction of sp³-hybridized carbons (Fsp3) is 0.647. The van der Waals surface area contributed by atoms with E-state index in [0.717, 1.165) is 24.5 Å². The fourth-order valence-electron chi connectivity index (χ4n) is 3.93. The second kappa shape index (κ2) is 6.45. The topological polar surface area (TPSA) is 15.3 Å². The van der Waals surface area contributed by atoms with Crippen molar-refractivity contribution in [2.45, 2.75) is 50.7 Å². The molecule has 0 aromatic heterocycles. The first-order chi connectivity index (χ1) is 10.0. The first-order valence-electron chi connectivity index (χ1n) is 7.95. The summed E-state index contributed by atoms with van der Waals surface area (Å²) < 4.78 is 0. The Bertz CT molecular complexity index is 492. The number of halogens is 2. The van der Waals surface area contributed by atoms with Crippen LogP contribution in [0.1, 0.15) is 44.2 Å². The van der Waals surface area contributed by atoms with Gasteiger partial charge in [0.1, 0.15) is 0 Å². The van der Waals surface area contributed by atoms with Crippen LogP contribution in [0, 0.1) is 5.92 Å². The van der Waals surface area contributed by atoms with Crippen LogP contribution in [0.2, 0.25) is 10.0 Å². The summed E-state index contributed by atoms with van der Waals surface area (Å²) in [6.45, 7) is 3.30. The highest BCUT2D eigenvalue weighted by Crippen LogP contribution is 2.37. The Kier molecular flexibility index (Phi) is 4.80. The molecule has 0 saturated carbocycles. The Morgan fingerprint density at radius 3 is 2.48 bits per heavy atom. The molecule has 2 heterocycles. The van der Waals surface area contributed by atoms with Gasteiger partial charge >= 0.3 is 0 Å². The highest BCUT2D eigenvalue weighted by molar-refractivity contribution is 6.42. The summed E-state index contributed by atoms with van der Waals surface area (Å²) in [6.07, 6.45) is 5.46. The van der Waals surface area contributed by atoms with E-state index in [9.17, 15) is 0 Å². The van der Waals surface area contributed by atoms with Crippen LogP contribution in [0.15, 0.2) is 18.2 Å². The molecule has 0 radical (unpaired) electrons. The molecule has 116 valence electrons. The second-order valence-corrected chi connectivity index (χ2v) is 7.51. The Labute approximate surface area is 137 Å². The van der Waals surface area contributed by atoms with E-state index in [2.05, 4.69) is 30.3 Å². The van der Waals surface area contributed by atoms with Crippen LogP contribution < -0.4 is 5.32 Å². The first kappa shape index (κ1) is 15.6. The number of hydrogen-bond donors (Lipinski definition) is 1. The van der Waals surface area contributed by atoms with E-state index >= 15 is 0 Å². The van der Waals surface area contributed by atoms with Crippen LogP contribution >= 0.6 is 23.2 Å². The van der Waals surface area contributed by atoms with E-state index < -0.39 is 0 Å². The van der Waals surface area contributed by atoms with Crippen LogP contribution in [0.25, 0.3) is 0 Å². The van der Waals surface area contributed by atoms with Crippen molar-refractivity contribution >= 4 is 23.2 Å². The summed E-state index contributed by atoms with van der Waals surface area (Å²) in [5, 5.41) is 4.94. The van der Waals surface area contributed by atoms with Crippen molar-refractivity contribution in [3.8, 4) is 0 Å². The molecular weight excluding hydrogens is 303 g/mol. The van der Waals surface area contributed by atoms with Crippen LogP contribution in [0.4, 0.5) is 0 Å². The smallest absolute Gasteiger partial charge is 0.0595 e. The molecule has 3 rings (SSSR count). The number of nitrogens with zero attached hydrogens (tertiary/aromatic N) is 1. The zero-order valence-electron chi connectivity index (χ0n) is 12.8. The lowest BCUT2D eigenvalue weighted by Gasteiger charge is -2.36. The van der Waals surface area contributed by atoms with E-state index in [-0.39, 0.29) is 0 Å². The Balaban J connectivity index is 1.54. The van der Waals surface area contributed by atoms with E-state index in [1.165, 1.54) is 31.2 Å². The third-order valence-electron chi connectivity index (χ3n) is 5.35. The van der Waals surface area contributed by atoms with Crippen molar-refractivity contribution in [3.63, 3.8) is 0 Å². The fourth-order valence-corrected chi connectivity index (χ4v) is 4.24. The standard InChI is InChI=1S/C17H24Cl2N2/c1-11(13-3-6-16(18)17(19)9-13)20-10-12-7-14-4-5-15(8-12)21(14)2/h3,6,9,11-12,14-15,20H,4-5,7-8,10H2,1-2H3. The van der Waals surface area contributed by atoms with E-state index in [1.54, 1.807) is 0 Å². The third kappa shape index (κ3) is 3.39. The van der Waals surface area contributed by atoms with Crippen molar-refractivity contribution in [1.82, 2.24) is 10.2 Å². The number of rotatable bonds is 4. The number of fused-ring (bicyclic) bond motifs is 2.